The third-order valence-electron chi connectivity index (χ3n) is 4.54. The summed E-state index contributed by atoms with van der Waals surface area (Å²) in [5.41, 5.74) is 2.45. The molecule has 1 fully saturated rings. The zero-order valence-corrected chi connectivity index (χ0v) is 13.5. The van der Waals surface area contributed by atoms with E-state index in [0.717, 1.165) is 24.7 Å². The van der Waals surface area contributed by atoms with Gasteiger partial charge in [-0.05, 0) is 64.7 Å². The summed E-state index contributed by atoms with van der Waals surface area (Å²) < 4.78 is 2.02. The van der Waals surface area contributed by atoms with Crippen molar-refractivity contribution in [2.45, 2.75) is 52.6 Å². The van der Waals surface area contributed by atoms with Crippen LogP contribution in [0, 0.1) is 12.8 Å². The van der Waals surface area contributed by atoms with Crippen LogP contribution in [0.25, 0.3) is 0 Å². The van der Waals surface area contributed by atoms with Gasteiger partial charge >= 0.3 is 0 Å². The molecule has 1 unspecified atom stereocenters. The van der Waals surface area contributed by atoms with E-state index in [1.807, 2.05) is 11.7 Å². The van der Waals surface area contributed by atoms with Crippen LogP contribution in [0.3, 0.4) is 0 Å². The Bertz CT molecular complexity index is 405. The van der Waals surface area contributed by atoms with Crippen LogP contribution in [0.1, 0.15) is 44.5 Å². The van der Waals surface area contributed by atoms with Crippen molar-refractivity contribution in [3.63, 3.8) is 0 Å². The van der Waals surface area contributed by atoms with Gasteiger partial charge in [0.25, 0.3) is 0 Å². The predicted octanol–water partition coefficient (Wildman–Crippen LogP) is 2.33. The molecular formula is C16H30N4. The minimum absolute atomic E-state index is 0.663. The molecule has 1 aliphatic rings. The summed E-state index contributed by atoms with van der Waals surface area (Å²) in [5.74, 6) is 0.839. The Morgan fingerprint density at radius 2 is 2.10 bits per heavy atom. The number of nitrogens with zero attached hydrogens (tertiary/aromatic N) is 3. The van der Waals surface area contributed by atoms with Crippen LogP contribution in [-0.2, 0) is 13.6 Å². The summed E-state index contributed by atoms with van der Waals surface area (Å²) in [6, 6.07) is 2.87. The molecule has 1 atom stereocenters. The topological polar surface area (TPSA) is 33.1 Å². The van der Waals surface area contributed by atoms with Gasteiger partial charge in [0.1, 0.15) is 0 Å². The lowest BCUT2D eigenvalue weighted by Crippen LogP contribution is -2.42. The molecule has 1 saturated heterocycles. The van der Waals surface area contributed by atoms with Crippen LogP contribution in [0.4, 0.5) is 0 Å². The van der Waals surface area contributed by atoms with Gasteiger partial charge in [-0.25, -0.2) is 0 Å². The molecule has 1 N–H and O–H groups in total. The van der Waals surface area contributed by atoms with Crippen molar-refractivity contribution < 1.29 is 0 Å². The van der Waals surface area contributed by atoms with Gasteiger partial charge in [0.15, 0.2) is 0 Å². The highest BCUT2D eigenvalue weighted by Gasteiger charge is 2.23. The molecular weight excluding hydrogens is 248 g/mol. The van der Waals surface area contributed by atoms with Gasteiger partial charge < -0.3 is 5.32 Å². The molecule has 4 nitrogen and oxygen atoms in total. The van der Waals surface area contributed by atoms with E-state index >= 15 is 0 Å². The molecule has 0 radical (unpaired) electrons. The molecule has 2 heterocycles. The first-order valence-corrected chi connectivity index (χ1v) is 8.05. The molecule has 1 aliphatic heterocycles. The summed E-state index contributed by atoms with van der Waals surface area (Å²) in [7, 11) is 2.05. The molecule has 1 aromatic rings. The van der Waals surface area contributed by atoms with E-state index in [9.17, 15) is 0 Å². The van der Waals surface area contributed by atoms with Crippen LogP contribution in [0.5, 0.6) is 0 Å². The number of rotatable bonds is 6. The average molecular weight is 278 g/mol. The highest BCUT2D eigenvalue weighted by Crippen LogP contribution is 2.22. The molecule has 2 rings (SSSR count). The largest absolute Gasteiger partial charge is 0.314 e. The van der Waals surface area contributed by atoms with Crippen molar-refractivity contribution in [2.24, 2.45) is 13.0 Å². The van der Waals surface area contributed by atoms with Crippen LogP contribution < -0.4 is 5.32 Å². The summed E-state index contributed by atoms with van der Waals surface area (Å²) in [5, 5.41) is 8.08. The summed E-state index contributed by atoms with van der Waals surface area (Å²) in [6.45, 7) is 11.3. The standard InChI is InChI=1S/C16H30N4/c1-5-8-17-14(3)15-6-9-20(10-7-15)12-16-11-13(2)18-19(16)4/h11,14-15,17H,5-10,12H2,1-4H3. The fraction of sp³-hybridized carbons (Fsp3) is 0.812. The molecule has 114 valence electrons. The predicted molar refractivity (Wildman–Crippen MR) is 83.7 cm³/mol. The first-order chi connectivity index (χ1) is 9.60. The Hall–Kier alpha value is -0.870. The third-order valence-corrected chi connectivity index (χ3v) is 4.54. The average Bonchev–Trinajstić information content (AvgIpc) is 2.75. The van der Waals surface area contributed by atoms with Gasteiger partial charge in [-0.3, -0.25) is 9.58 Å². The van der Waals surface area contributed by atoms with Crippen LogP contribution in [0.15, 0.2) is 6.07 Å². The SMILES string of the molecule is CCCNC(C)C1CCN(Cc2cc(C)nn2C)CC1. The maximum Gasteiger partial charge on any atom is 0.0597 e. The summed E-state index contributed by atoms with van der Waals surface area (Å²) >= 11 is 0. The molecule has 4 heteroatoms. The Morgan fingerprint density at radius 1 is 1.40 bits per heavy atom. The zero-order chi connectivity index (χ0) is 14.5. The maximum absolute atomic E-state index is 4.43. The lowest BCUT2D eigenvalue weighted by Gasteiger charge is -2.35. The second-order valence-corrected chi connectivity index (χ2v) is 6.26. The molecule has 0 amide bonds. The van der Waals surface area contributed by atoms with Crippen LogP contribution in [0.2, 0.25) is 0 Å². The van der Waals surface area contributed by atoms with E-state index in [2.05, 4.69) is 42.2 Å². The quantitative estimate of drug-likeness (QED) is 0.867. The molecule has 0 spiro atoms. The van der Waals surface area contributed by atoms with E-state index in [0.29, 0.717) is 6.04 Å². The highest BCUT2D eigenvalue weighted by atomic mass is 15.3. The van der Waals surface area contributed by atoms with Gasteiger partial charge in [-0.15, -0.1) is 0 Å². The van der Waals surface area contributed by atoms with Crippen molar-refractivity contribution in [1.82, 2.24) is 20.0 Å². The number of aromatic nitrogens is 2. The zero-order valence-electron chi connectivity index (χ0n) is 13.5. The van der Waals surface area contributed by atoms with Crippen molar-refractivity contribution in [1.29, 1.82) is 0 Å². The van der Waals surface area contributed by atoms with Gasteiger partial charge in [0.05, 0.1) is 11.4 Å². The molecule has 0 aliphatic carbocycles. The number of likely N-dealkylation sites (tertiary alicyclic amines) is 1. The van der Waals surface area contributed by atoms with Crippen molar-refractivity contribution in [3.8, 4) is 0 Å². The number of hydrogen-bond acceptors (Lipinski definition) is 3. The second-order valence-electron chi connectivity index (χ2n) is 6.26. The van der Waals surface area contributed by atoms with Crippen molar-refractivity contribution >= 4 is 0 Å². The van der Waals surface area contributed by atoms with Crippen molar-refractivity contribution in [2.75, 3.05) is 19.6 Å². The Morgan fingerprint density at radius 3 is 2.65 bits per heavy atom. The van der Waals surface area contributed by atoms with Gasteiger partial charge in [-0.1, -0.05) is 6.92 Å². The Balaban J connectivity index is 1.78. The molecule has 0 aromatic carbocycles. The van der Waals surface area contributed by atoms with Crippen LogP contribution >= 0.6 is 0 Å². The van der Waals surface area contributed by atoms with E-state index in [1.165, 1.54) is 38.0 Å². The second kappa shape index (κ2) is 7.23. The van der Waals surface area contributed by atoms with Crippen LogP contribution in [-0.4, -0.2) is 40.4 Å². The van der Waals surface area contributed by atoms with E-state index in [4.69, 9.17) is 0 Å². The molecule has 1 aromatic heterocycles. The minimum atomic E-state index is 0.663. The summed E-state index contributed by atoms with van der Waals surface area (Å²) in [6.07, 6.45) is 3.85. The third kappa shape index (κ3) is 4.06. The molecule has 20 heavy (non-hydrogen) atoms. The maximum atomic E-state index is 4.43. The lowest BCUT2D eigenvalue weighted by atomic mass is 9.90. The first kappa shape index (κ1) is 15.5. The minimum Gasteiger partial charge on any atom is -0.314 e. The summed E-state index contributed by atoms with van der Waals surface area (Å²) in [4.78, 5) is 2.57. The highest BCUT2D eigenvalue weighted by molar-refractivity contribution is 5.08. The fourth-order valence-electron chi connectivity index (χ4n) is 3.19. The van der Waals surface area contributed by atoms with Crippen molar-refractivity contribution in [3.05, 3.63) is 17.5 Å². The Kier molecular flexibility index (Phi) is 5.61. The number of piperidine rings is 1. The van der Waals surface area contributed by atoms with Gasteiger partial charge in [0, 0.05) is 19.6 Å². The smallest absolute Gasteiger partial charge is 0.0597 e. The van der Waals surface area contributed by atoms with E-state index in [-0.39, 0.29) is 0 Å². The Labute approximate surface area is 123 Å². The van der Waals surface area contributed by atoms with E-state index < -0.39 is 0 Å². The number of nitrogens with one attached hydrogen (secondary N) is 1. The normalized spacial score (nSPS) is 19.4. The lowest BCUT2D eigenvalue weighted by molar-refractivity contribution is 0.154. The number of hydrogen-bond donors (Lipinski definition) is 1. The molecule has 0 bridgehead atoms. The van der Waals surface area contributed by atoms with Gasteiger partial charge in [0.2, 0.25) is 0 Å². The fourth-order valence-corrected chi connectivity index (χ4v) is 3.19. The van der Waals surface area contributed by atoms with E-state index in [1.54, 1.807) is 0 Å². The molecule has 0 saturated carbocycles. The van der Waals surface area contributed by atoms with Gasteiger partial charge in [-0.2, -0.15) is 5.10 Å². The monoisotopic (exact) mass is 278 g/mol. The first-order valence-electron chi connectivity index (χ1n) is 8.05. The number of aryl methyl sites for hydroxylation is 2.